The second kappa shape index (κ2) is 9.26. The highest BCUT2D eigenvalue weighted by atomic mass is 32.1. The topological polar surface area (TPSA) is 81.7 Å². The van der Waals surface area contributed by atoms with Crippen LogP contribution >= 0.6 is 12.6 Å². The van der Waals surface area contributed by atoms with Crippen LogP contribution in [0.1, 0.15) is 64.7 Å². The molecule has 0 saturated carbocycles. The fraction of sp³-hybridized carbons (Fsp3) is 0.550. The monoisotopic (exact) mass is 395 g/mol. The number of amides is 1. The zero-order chi connectivity index (χ0) is 20.8. The van der Waals surface area contributed by atoms with Gasteiger partial charge in [0.2, 0.25) is 0 Å². The molecule has 0 bridgehead atoms. The lowest BCUT2D eigenvalue weighted by Crippen LogP contribution is -2.44. The minimum atomic E-state index is -0.958. The number of ether oxygens (including phenoxy) is 2. The Labute approximate surface area is 166 Å². The summed E-state index contributed by atoms with van der Waals surface area (Å²) in [7, 11) is 0. The second-order valence-electron chi connectivity index (χ2n) is 8.23. The molecule has 0 radical (unpaired) electrons. The molecule has 1 aromatic rings. The zero-order valence-electron chi connectivity index (χ0n) is 16.8. The third kappa shape index (κ3) is 9.47. The highest BCUT2D eigenvalue weighted by molar-refractivity contribution is 7.80. The Morgan fingerprint density at radius 3 is 1.96 bits per heavy atom. The van der Waals surface area contributed by atoms with E-state index >= 15 is 0 Å². The molecule has 0 aliphatic carbocycles. The van der Waals surface area contributed by atoms with Crippen LogP contribution in [0, 0.1) is 0 Å². The number of hydrogen-bond donors (Lipinski definition) is 2. The first kappa shape index (κ1) is 23.0. The summed E-state index contributed by atoms with van der Waals surface area (Å²) in [4.78, 5) is 37.6. The summed E-state index contributed by atoms with van der Waals surface area (Å²) in [5, 5.41) is 2.65. The minimum absolute atomic E-state index is 0.0168. The van der Waals surface area contributed by atoms with E-state index in [1.807, 2.05) is 0 Å². The minimum Gasteiger partial charge on any atom is -0.460 e. The van der Waals surface area contributed by atoms with Crippen molar-refractivity contribution in [1.29, 1.82) is 0 Å². The van der Waals surface area contributed by atoms with E-state index in [0.717, 1.165) is 4.90 Å². The van der Waals surface area contributed by atoms with Gasteiger partial charge in [-0.15, -0.1) is 12.6 Å². The van der Waals surface area contributed by atoms with Crippen LogP contribution in [0.15, 0.2) is 29.2 Å². The molecule has 0 heterocycles. The summed E-state index contributed by atoms with van der Waals surface area (Å²) < 4.78 is 10.6. The van der Waals surface area contributed by atoms with Gasteiger partial charge in [0.1, 0.15) is 17.2 Å². The van der Waals surface area contributed by atoms with Crippen molar-refractivity contribution < 1.29 is 23.9 Å². The highest BCUT2D eigenvalue weighted by Gasteiger charge is 2.28. The molecule has 0 aliphatic heterocycles. The first-order valence-corrected chi connectivity index (χ1v) is 9.26. The van der Waals surface area contributed by atoms with E-state index < -0.39 is 35.1 Å². The summed E-state index contributed by atoms with van der Waals surface area (Å²) in [6.07, 6.45) is 0.0667. The number of nitrogens with one attached hydrogen (secondary N) is 1. The van der Waals surface area contributed by atoms with Gasteiger partial charge in [-0.3, -0.25) is 9.59 Å². The molecule has 150 valence electrons. The lowest BCUT2D eigenvalue weighted by molar-refractivity contribution is -0.158. The number of esters is 2. The predicted molar refractivity (Wildman–Crippen MR) is 106 cm³/mol. The Hall–Kier alpha value is -2.02. The maximum Gasteiger partial charge on any atom is 0.329 e. The molecule has 0 fully saturated rings. The molecule has 1 N–H and O–H groups in total. The van der Waals surface area contributed by atoms with Crippen LogP contribution in [0.2, 0.25) is 0 Å². The molecule has 27 heavy (non-hydrogen) atoms. The molecule has 0 aliphatic rings. The number of rotatable bonds is 6. The third-order valence-electron chi connectivity index (χ3n) is 3.18. The van der Waals surface area contributed by atoms with Gasteiger partial charge in [0, 0.05) is 16.9 Å². The number of carbonyl (C=O) groups excluding carboxylic acids is 3. The molecule has 0 saturated heterocycles. The summed E-state index contributed by atoms with van der Waals surface area (Å²) in [5.74, 6) is -1.46. The molecule has 0 spiro atoms. The number of carbonyl (C=O) groups is 3. The first-order chi connectivity index (χ1) is 12.3. The molecule has 7 heteroatoms. The van der Waals surface area contributed by atoms with Crippen LogP contribution in [0.5, 0.6) is 0 Å². The summed E-state index contributed by atoms with van der Waals surface area (Å²) in [5.41, 5.74) is -0.936. The first-order valence-electron chi connectivity index (χ1n) is 8.81. The van der Waals surface area contributed by atoms with Gasteiger partial charge in [-0.05, 0) is 72.2 Å². The largest absolute Gasteiger partial charge is 0.460 e. The molecule has 0 unspecified atom stereocenters. The summed E-state index contributed by atoms with van der Waals surface area (Å²) in [6.45, 7) is 10.5. The van der Waals surface area contributed by atoms with E-state index in [1.54, 1.807) is 65.8 Å². The molecule has 6 nitrogen and oxygen atoms in total. The second-order valence-corrected chi connectivity index (χ2v) is 8.75. The van der Waals surface area contributed by atoms with E-state index in [1.165, 1.54) is 0 Å². The summed E-state index contributed by atoms with van der Waals surface area (Å²) >= 11 is 4.18. The van der Waals surface area contributed by atoms with Crippen molar-refractivity contribution in [1.82, 2.24) is 5.32 Å². The van der Waals surface area contributed by atoms with E-state index in [4.69, 9.17) is 9.47 Å². The van der Waals surface area contributed by atoms with Gasteiger partial charge in [-0.25, -0.2) is 4.79 Å². The number of benzene rings is 1. The van der Waals surface area contributed by atoms with Crippen molar-refractivity contribution in [3.63, 3.8) is 0 Å². The van der Waals surface area contributed by atoms with E-state index in [-0.39, 0.29) is 12.8 Å². The Morgan fingerprint density at radius 2 is 1.48 bits per heavy atom. The zero-order valence-corrected chi connectivity index (χ0v) is 17.7. The lowest BCUT2D eigenvalue weighted by Gasteiger charge is -2.25. The molecule has 0 aromatic heterocycles. The van der Waals surface area contributed by atoms with Gasteiger partial charge >= 0.3 is 11.9 Å². The normalized spacial score (nSPS) is 12.9. The van der Waals surface area contributed by atoms with Gasteiger partial charge in [0.15, 0.2) is 0 Å². The lowest BCUT2D eigenvalue weighted by atomic mass is 10.1. The predicted octanol–water partition coefficient (Wildman–Crippen LogP) is 3.54. The van der Waals surface area contributed by atoms with Gasteiger partial charge in [0.25, 0.3) is 5.91 Å². The molecular formula is C20H29NO5S. The number of hydrogen-bond acceptors (Lipinski definition) is 6. The highest BCUT2D eigenvalue weighted by Crippen LogP contribution is 2.14. The van der Waals surface area contributed by atoms with Gasteiger partial charge in [-0.1, -0.05) is 0 Å². The summed E-state index contributed by atoms with van der Waals surface area (Å²) in [6, 6.07) is 5.62. The Morgan fingerprint density at radius 1 is 0.963 bits per heavy atom. The van der Waals surface area contributed by atoms with Crippen molar-refractivity contribution in [2.45, 2.75) is 76.5 Å². The molecule has 1 atom stereocenters. The average molecular weight is 396 g/mol. The van der Waals surface area contributed by atoms with Crippen LogP contribution in [-0.2, 0) is 19.1 Å². The van der Waals surface area contributed by atoms with Gasteiger partial charge in [0.05, 0.1) is 0 Å². The quantitative estimate of drug-likeness (QED) is 0.569. The molecular weight excluding hydrogens is 366 g/mol. The van der Waals surface area contributed by atoms with Crippen molar-refractivity contribution >= 4 is 30.5 Å². The molecule has 1 rings (SSSR count). The van der Waals surface area contributed by atoms with Crippen LogP contribution in [-0.4, -0.2) is 35.1 Å². The van der Waals surface area contributed by atoms with Crippen LogP contribution in [0.4, 0.5) is 0 Å². The number of thiol groups is 1. The fourth-order valence-electron chi connectivity index (χ4n) is 2.13. The van der Waals surface area contributed by atoms with Crippen LogP contribution in [0.25, 0.3) is 0 Å². The Bertz CT molecular complexity index is 671. The van der Waals surface area contributed by atoms with Gasteiger partial charge in [-0.2, -0.15) is 0 Å². The van der Waals surface area contributed by atoms with E-state index in [2.05, 4.69) is 17.9 Å². The SMILES string of the molecule is CC(C)(C)OC(=O)CC[C@H](NC(=O)c1ccc(S)cc1)C(=O)OC(C)(C)C. The maximum atomic E-state index is 12.5. The maximum absolute atomic E-state index is 12.5. The smallest absolute Gasteiger partial charge is 0.329 e. The molecule has 1 aromatic carbocycles. The average Bonchev–Trinajstić information content (AvgIpc) is 2.48. The fourth-order valence-corrected chi connectivity index (χ4v) is 2.28. The van der Waals surface area contributed by atoms with Crippen molar-refractivity contribution in [2.75, 3.05) is 0 Å². The Balaban J connectivity index is 2.84. The van der Waals surface area contributed by atoms with Gasteiger partial charge < -0.3 is 14.8 Å². The van der Waals surface area contributed by atoms with Crippen LogP contribution < -0.4 is 5.32 Å². The van der Waals surface area contributed by atoms with Crippen molar-refractivity contribution in [3.05, 3.63) is 29.8 Å². The van der Waals surface area contributed by atoms with Crippen LogP contribution in [0.3, 0.4) is 0 Å². The van der Waals surface area contributed by atoms with E-state index in [0.29, 0.717) is 5.56 Å². The van der Waals surface area contributed by atoms with E-state index in [9.17, 15) is 14.4 Å². The van der Waals surface area contributed by atoms with Crippen molar-refractivity contribution in [2.24, 2.45) is 0 Å². The Kier molecular flexibility index (Phi) is 7.90. The standard InChI is InChI=1S/C20H29NO5S/c1-19(2,3)25-16(22)12-11-15(18(24)26-20(4,5)6)21-17(23)13-7-9-14(27)10-8-13/h7-10,15,27H,11-12H2,1-6H3,(H,21,23)/t15-/m0/s1. The third-order valence-corrected chi connectivity index (χ3v) is 3.48. The van der Waals surface area contributed by atoms with Crippen molar-refractivity contribution in [3.8, 4) is 0 Å². The molecule has 1 amide bonds.